The van der Waals surface area contributed by atoms with Gasteiger partial charge in [-0.3, -0.25) is 14.5 Å². The molecule has 0 fully saturated rings. The smallest absolute Gasteiger partial charge is 0.255 e. The van der Waals surface area contributed by atoms with Crippen LogP contribution >= 0.6 is 11.3 Å². The van der Waals surface area contributed by atoms with Crippen molar-refractivity contribution in [1.29, 1.82) is 0 Å². The van der Waals surface area contributed by atoms with E-state index in [0.29, 0.717) is 36.0 Å². The van der Waals surface area contributed by atoms with Crippen molar-refractivity contribution in [1.82, 2.24) is 10.3 Å². The number of rotatable bonds is 9. The summed E-state index contributed by atoms with van der Waals surface area (Å²) >= 11 is 1.50. The quantitative estimate of drug-likeness (QED) is 0.308. The molecule has 0 aliphatic rings. The number of nitrogens with zero attached hydrogens (tertiary/aromatic N) is 2. The molecule has 4 rings (SSSR count). The van der Waals surface area contributed by atoms with Gasteiger partial charge in [0, 0.05) is 13.0 Å². The Kier molecular flexibility index (Phi) is 7.54. The second-order valence-electron chi connectivity index (χ2n) is 7.77. The number of benzene rings is 3. The van der Waals surface area contributed by atoms with Crippen molar-refractivity contribution in [3.05, 3.63) is 83.9 Å². The first-order valence-electron chi connectivity index (χ1n) is 11.3. The minimum Gasteiger partial charge on any atom is -0.493 e. The van der Waals surface area contributed by atoms with Gasteiger partial charge >= 0.3 is 0 Å². The summed E-state index contributed by atoms with van der Waals surface area (Å²) in [7, 11) is 0. The van der Waals surface area contributed by atoms with Crippen molar-refractivity contribution in [2.45, 2.75) is 26.7 Å². The van der Waals surface area contributed by atoms with Gasteiger partial charge in [-0.15, -0.1) is 0 Å². The molecular weight excluding hydrogens is 446 g/mol. The Morgan fingerprint density at radius 3 is 2.53 bits per heavy atom. The summed E-state index contributed by atoms with van der Waals surface area (Å²) in [6.07, 6.45) is 0.784. The molecule has 0 atom stereocenters. The summed E-state index contributed by atoms with van der Waals surface area (Å²) in [5, 5.41) is 3.55. The van der Waals surface area contributed by atoms with Crippen LogP contribution in [0.25, 0.3) is 10.2 Å². The Morgan fingerprint density at radius 1 is 1.00 bits per heavy atom. The van der Waals surface area contributed by atoms with Crippen LogP contribution in [0.15, 0.2) is 72.8 Å². The van der Waals surface area contributed by atoms with Gasteiger partial charge in [0.25, 0.3) is 5.91 Å². The van der Waals surface area contributed by atoms with E-state index in [2.05, 4.69) is 5.32 Å². The van der Waals surface area contributed by atoms with Crippen molar-refractivity contribution in [2.75, 3.05) is 18.1 Å². The summed E-state index contributed by atoms with van der Waals surface area (Å²) in [6, 6.07) is 22.8. The van der Waals surface area contributed by atoms with E-state index in [9.17, 15) is 9.59 Å². The Bertz CT molecular complexity index is 1270. The number of anilines is 2. The van der Waals surface area contributed by atoms with E-state index in [1.165, 1.54) is 11.3 Å². The van der Waals surface area contributed by atoms with Crippen molar-refractivity contribution in [3.8, 4) is 5.75 Å². The molecule has 6 nitrogen and oxygen atoms in total. The first-order valence-corrected chi connectivity index (χ1v) is 12.1. The van der Waals surface area contributed by atoms with Crippen LogP contribution in [0.2, 0.25) is 0 Å². The third kappa shape index (κ3) is 5.26. The fraction of sp³-hybridized carbons (Fsp3) is 0.222. The number of carbonyl (C=O) groups is 2. The van der Waals surface area contributed by atoms with Crippen molar-refractivity contribution in [3.63, 3.8) is 0 Å². The number of amides is 2. The third-order valence-corrected chi connectivity index (χ3v) is 6.39. The molecule has 2 amide bonds. The highest BCUT2D eigenvalue weighted by Crippen LogP contribution is 2.35. The summed E-state index contributed by atoms with van der Waals surface area (Å²) in [4.78, 5) is 32.4. The van der Waals surface area contributed by atoms with E-state index < -0.39 is 0 Å². The summed E-state index contributed by atoms with van der Waals surface area (Å²) < 4.78 is 6.57. The molecule has 0 saturated heterocycles. The Hall–Kier alpha value is -3.71. The third-order valence-electron chi connectivity index (χ3n) is 5.36. The maximum atomic E-state index is 13.4. The van der Waals surface area contributed by atoms with Gasteiger partial charge in [-0.1, -0.05) is 53.8 Å². The van der Waals surface area contributed by atoms with E-state index in [-0.39, 0.29) is 18.2 Å². The lowest BCUT2D eigenvalue weighted by molar-refractivity contribution is -0.118. The molecule has 1 aromatic heterocycles. The SMILES string of the molecule is CCOc1ccccc1C(=O)NCCCC(=O)N(c1nc2ccccc2s1)c1ccccc1C. The normalized spacial score (nSPS) is 10.8. The number of para-hydroxylation sites is 3. The predicted molar refractivity (Wildman–Crippen MR) is 137 cm³/mol. The average Bonchev–Trinajstić information content (AvgIpc) is 3.27. The second kappa shape index (κ2) is 10.9. The molecule has 34 heavy (non-hydrogen) atoms. The number of carbonyl (C=O) groups excluding carboxylic acids is 2. The van der Waals surface area contributed by atoms with Crippen LogP contribution in [0, 0.1) is 6.92 Å². The van der Waals surface area contributed by atoms with Crippen LogP contribution in [-0.4, -0.2) is 29.9 Å². The lowest BCUT2D eigenvalue weighted by Gasteiger charge is -2.22. The zero-order chi connectivity index (χ0) is 23.9. The van der Waals surface area contributed by atoms with E-state index in [0.717, 1.165) is 21.5 Å². The highest BCUT2D eigenvalue weighted by molar-refractivity contribution is 7.22. The number of aryl methyl sites for hydroxylation is 1. The van der Waals surface area contributed by atoms with Gasteiger partial charge in [-0.2, -0.15) is 0 Å². The van der Waals surface area contributed by atoms with Crippen LogP contribution in [-0.2, 0) is 4.79 Å². The fourth-order valence-corrected chi connectivity index (χ4v) is 4.70. The number of hydrogen-bond acceptors (Lipinski definition) is 5. The van der Waals surface area contributed by atoms with Crippen LogP contribution in [0.1, 0.15) is 35.7 Å². The number of hydrogen-bond donors (Lipinski definition) is 1. The monoisotopic (exact) mass is 473 g/mol. The van der Waals surface area contributed by atoms with Crippen LogP contribution in [0.4, 0.5) is 10.8 Å². The molecule has 0 aliphatic carbocycles. The van der Waals surface area contributed by atoms with E-state index in [4.69, 9.17) is 9.72 Å². The molecule has 0 radical (unpaired) electrons. The Morgan fingerprint density at radius 2 is 1.74 bits per heavy atom. The van der Waals surface area contributed by atoms with E-state index in [1.54, 1.807) is 23.1 Å². The Labute approximate surface area is 203 Å². The van der Waals surface area contributed by atoms with Crippen LogP contribution < -0.4 is 15.0 Å². The van der Waals surface area contributed by atoms with Gasteiger partial charge in [0.2, 0.25) is 5.91 Å². The minimum atomic E-state index is -0.210. The largest absolute Gasteiger partial charge is 0.493 e. The number of ether oxygens (including phenoxy) is 1. The summed E-state index contributed by atoms with van der Waals surface area (Å²) in [5.41, 5.74) is 3.18. The van der Waals surface area contributed by atoms with Gasteiger partial charge in [-0.25, -0.2) is 4.98 Å². The number of thiazole rings is 1. The second-order valence-corrected chi connectivity index (χ2v) is 8.78. The van der Waals surface area contributed by atoms with Gasteiger partial charge in [0.05, 0.1) is 28.1 Å². The number of nitrogens with one attached hydrogen (secondary N) is 1. The minimum absolute atomic E-state index is 0.0580. The number of aromatic nitrogens is 1. The van der Waals surface area contributed by atoms with Crippen LogP contribution in [0.3, 0.4) is 0 Å². The van der Waals surface area contributed by atoms with E-state index in [1.807, 2.05) is 68.4 Å². The van der Waals surface area contributed by atoms with Gasteiger partial charge in [0.15, 0.2) is 5.13 Å². The first-order chi connectivity index (χ1) is 16.6. The molecule has 0 aliphatic heterocycles. The van der Waals surface area contributed by atoms with Gasteiger partial charge in [-0.05, 0) is 56.2 Å². The molecule has 3 aromatic carbocycles. The lowest BCUT2D eigenvalue weighted by Crippen LogP contribution is -2.29. The average molecular weight is 474 g/mol. The van der Waals surface area contributed by atoms with Crippen molar-refractivity contribution in [2.24, 2.45) is 0 Å². The molecule has 4 aromatic rings. The fourth-order valence-electron chi connectivity index (χ4n) is 3.70. The molecule has 1 heterocycles. The van der Waals surface area contributed by atoms with Crippen molar-refractivity contribution >= 4 is 44.2 Å². The molecule has 0 bridgehead atoms. The highest BCUT2D eigenvalue weighted by atomic mass is 32.1. The molecule has 1 N–H and O–H groups in total. The van der Waals surface area contributed by atoms with E-state index >= 15 is 0 Å². The highest BCUT2D eigenvalue weighted by Gasteiger charge is 2.23. The standard InChI is InChI=1S/C27H27N3O3S/c1-3-33-23-15-8-5-12-20(23)26(32)28-18-10-17-25(31)30(22-14-7-4-11-19(22)2)27-29-21-13-6-9-16-24(21)34-27/h4-9,11-16H,3,10,17-18H2,1-2H3,(H,28,32). The maximum absolute atomic E-state index is 13.4. The van der Waals surface area contributed by atoms with Gasteiger partial charge < -0.3 is 10.1 Å². The molecule has 0 spiro atoms. The Balaban J connectivity index is 1.45. The topological polar surface area (TPSA) is 71.5 Å². The molecule has 0 unspecified atom stereocenters. The molecule has 7 heteroatoms. The predicted octanol–water partition coefficient (Wildman–Crippen LogP) is 5.88. The molecule has 174 valence electrons. The zero-order valence-electron chi connectivity index (χ0n) is 19.3. The van der Waals surface area contributed by atoms with Crippen molar-refractivity contribution < 1.29 is 14.3 Å². The molecule has 0 saturated carbocycles. The molecular formula is C27H27N3O3S. The van der Waals surface area contributed by atoms with Crippen LogP contribution in [0.5, 0.6) is 5.75 Å². The first kappa shape index (κ1) is 23.4. The van der Waals surface area contributed by atoms with Gasteiger partial charge in [0.1, 0.15) is 5.75 Å². The maximum Gasteiger partial charge on any atom is 0.255 e. The summed E-state index contributed by atoms with van der Waals surface area (Å²) in [5.74, 6) is 0.288. The lowest BCUT2D eigenvalue weighted by atomic mass is 10.1. The zero-order valence-corrected chi connectivity index (χ0v) is 20.1. The number of fused-ring (bicyclic) bond motifs is 1. The summed E-state index contributed by atoms with van der Waals surface area (Å²) in [6.45, 7) is 4.73.